The lowest BCUT2D eigenvalue weighted by molar-refractivity contribution is -0.278. The topological polar surface area (TPSA) is 98.0 Å². The Bertz CT molecular complexity index is 952. The van der Waals surface area contributed by atoms with Crippen LogP contribution in [0.15, 0.2) is 11.6 Å². The van der Waals surface area contributed by atoms with Gasteiger partial charge in [-0.25, -0.2) is 0 Å². The average Bonchev–Trinajstić information content (AvgIpc) is 2.76. The number of carboxylic acid groups (broad SMARTS) is 1. The summed E-state index contributed by atoms with van der Waals surface area (Å²) in [6.07, 6.45) is 6.22. The zero-order valence-corrected chi connectivity index (χ0v) is 22.9. The van der Waals surface area contributed by atoms with Gasteiger partial charge >= 0.3 is 5.97 Å². The number of aliphatic hydroxyl groups is 3. The van der Waals surface area contributed by atoms with Gasteiger partial charge in [-0.1, -0.05) is 60.1 Å². The Balaban J connectivity index is 1.63. The first-order chi connectivity index (χ1) is 16.0. The summed E-state index contributed by atoms with van der Waals surface area (Å²) in [5.74, 6) is -0.292. The number of hydrogen-bond acceptors (Lipinski definition) is 4. The SMILES string of the molecule is CC1(C)CC[C@]2(C(=O)O)CC[C@]3(C)C(=CCC4[C@]5(C)C(CC[C@]43C)C(C)(C)[C@H](O)[C@@H](O)[C@@H]5O)C2C1. The third kappa shape index (κ3) is 2.95. The molecule has 35 heavy (non-hydrogen) atoms. The Morgan fingerprint density at radius 1 is 0.857 bits per heavy atom. The van der Waals surface area contributed by atoms with Crippen LogP contribution in [0.3, 0.4) is 0 Å². The largest absolute Gasteiger partial charge is 0.481 e. The van der Waals surface area contributed by atoms with Gasteiger partial charge in [0.2, 0.25) is 0 Å². The first kappa shape index (κ1) is 25.7. The predicted molar refractivity (Wildman–Crippen MR) is 135 cm³/mol. The van der Waals surface area contributed by atoms with E-state index in [-0.39, 0.29) is 34.0 Å². The molecular weight excluding hydrogens is 440 g/mol. The first-order valence-electron chi connectivity index (χ1n) is 14.0. The monoisotopic (exact) mass is 488 g/mol. The molecule has 0 aliphatic heterocycles. The van der Waals surface area contributed by atoms with Crippen molar-refractivity contribution in [2.75, 3.05) is 0 Å². The Morgan fingerprint density at radius 2 is 1.49 bits per heavy atom. The summed E-state index contributed by atoms with van der Waals surface area (Å²) in [6.45, 7) is 15.6. The number of hydrogen-bond donors (Lipinski definition) is 4. The van der Waals surface area contributed by atoms with E-state index in [0.29, 0.717) is 0 Å². The van der Waals surface area contributed by atoms with E-state index in [1.807, 2.05) is 0 Å². The quantitative estimate of drug-likeness (QED) is 0.382. The van der Waals surface area contributed by atoms with Gasteiger partial charge in [0.05, 0.1) is 17.6 Å². The minimum atomic E-state index is -1.16. The molecule has 0 spiro atoms. The standard InChI is InChI=1S/C30H48O5/c1-25(2)12-14-30(24(34)35)15-13-27(5)17(18(30)16-25)8-9-20-28(27,6)11-10-19-26(3,4)22(32)21(31)23(33)29(19,20)7/h8,18-23,31-33H,9-16H2,1-7H3,(H,34,35)/t18?,19?,20?,21-,22-,23+,27-,28-,29+,30+/m1/s1. The van der Waals surface area contributed by atoms with Gasteiger partial charge in [-0.2, -0.15) is 0 Å². The van der Waals surface area contributed by atoms with Crippen molar-refractivity contribution in [3.8, 4) is 0 Å². The van der Waals surface area contributed by atoms with Crippen LogP contribution in [-0.4, -0.2) is 44.7 Å². The Morgan fingerprint density at radius 3 is 2.11 bits per heavy atom. The summed E-state index contributed by atoms with van der Waals surface area (Å²) in [5, 5.41) is 43.9. The molecule has 3 unspecified atom stereocenters. The van der Waals surface area contributed by atoms with Crippen molar-refractivity contribution in [3.05, 3.63) is 11.6 Å². The molecule has 0 amide bonds. The van der Waals surface area contributed by atoms with E-state index in [2.05, 4.69) is 54.5 Å². The molecule has 0 heterocycles. The van der Waals surface area contributed by atoms with E-state index in [0.717, 1.165) is 51.4 Å². The highest BCUT2D eigenvalue weighted by Gasteiger charge is 2.72. The van der Waals surface area contributed by atoms with Crippen molar-refractivity contribution in [1.82, 2.24) is 0 Å². The fourth-order valence-electron chi connectivity index (χ4n) is 10.7. The van der Waals surface area contributed by atoms with Crippen LogP contribution in [0, 0.1) is 50.2 Å². The maximum atomic E-state index is 12.8. The van der Waals surface area contributed by atoms with E-state index in [1.165, 1.54) is 5.57 Å². The maximum absolute atomic E-state index is 12.8. The third-order valence-electron chi connectivity index (χ3n) is 13.2. The van der Waals surface area contributed by atoms with Crippen molar-refractivity contribution in [3.63, 3.8) is 0 Å². The van der Waals surface area contributed by atoms with Crippen molar-refractivity contribution in [1.29, 1.82) is 0 Å². The fourth-order valence-corrected chi connectivity index (χ4v) is 10.7. The third-order valence-corrected chi connectivity index (χ3v) is 13.2. The smallest absolute Gasteiger partial charge is 0.310 e. The molecule has 4 fully saturated rings. The summed E-state index contributed by atoms with van der Waals surface area (Å²) in [7, 11) is 0. The van der Waals surface area contributed by atoms with Crippen LogP contribution < -0.4 is 0 Å². The van der Waals surface area contributed by atoms with Gasteiger partial charge in [-0.15, -0.1) is 0 Å². The van der Waals surface area contributed by atoms with Gasteiger partial charge in [0.1, 0.15) is 6.10 Å². The van der Waals surface area contributed by atoms with E-state index in [1.54, 1.807) is 0 Å². The van der Waals surface area contributed by atoms with E-state index < -0.39 is 40.5 Å². The molecule has 0 bridgehead atoms. The van der Waals surface area contributed by atoms with Gasteiger partial charge in [-0.05, 0) is 90.8 Å². The molecular formula is C30H48O5. The molecule has 0 aromatic carbocycles. The molecule has 5 heteroatoms. The highest BCUT2D eigenvalue weighted by molar-refractivity contribution is 5.76. The maximum Gasteiger partial charge on any atom is 0.310 e. The molecule has 198 valence electrons. The minimum absolute atomic E-state index is 0.0611. The summed E-state index contributed by atoms with van der Waals surface area (Å²) in [5.41, 5.74) is -0.402. The van der Waals surface area contributed by atoms with Crippen LogP contribution in [0.5, 0.6) is 0 Å². The molecule has 5 rings (SSSR count). The van der Waals surface area contributed by atoms with Crippen LogP contribution in [0.25, 0.3) is 0 Å². The van der Waals surface area contributed by atoms with Crippen LogP contribution in [0.1, 0.15) is 99.8 Å². The summed E-state index contributed by atoms with van der Waals surface area (Å²) in [6, 6.07) is 0. The van der Waals surface area contributed by atoms with Crippen LogP contribution in [0.2, 0.25) is 0 Å². The zero-order valence-electron chi connectivity index (χ0n) is 22.9. The van der Waals surface area contributed by atoms with Crippen molar-refractivity contribution < 1.29 is 25.2 Å². The van der Waals surface area contributed by atoms with E-state index in [9.17, 15) is 25.2 Å². The Kier molecular flexibility index (Phi) is 5.40. The van der Waals surface area contributed by atoms with Crippen molar-refractivity contribution in [2.45, 2.75) is 118 Å². The van der Waals surface area contributed by atoms with Gasteiger partial charge < -0.3 is 20.4 Å². The molecule has 0 aromatic rings. The van der Waals surface area contributed by atoms with Crippen molar-refractivity contribution in [2.24, 2.45) is 50.2 Å². The van der Waals surface area contributed by atoms with Gasteiger partial charge in [0.15, 0.2) is 0 Å². The van der Waals surface area contributed by atoms with Gasteiger partial charge in [-0.3, -0.25) is 4.79 Å². The zero-order chi connectivity index (χ0) is 26.0. The second kappa shape index (κ2) is 7.35. The summed E-state index contributed by atoms with van der Waals surface area (Å²) in [4.78, 5) is 12.8. The van der Waals surface area contributed by atoms with Crippen LogP contribution in [-0.2, 0) is 4.79 Å². The fraction of sp³-hybridized carbons (Fsp3) is 0.900. The van der Waals surface area contributed by atoms with Crippen LogP contribution >= 0.6 is 0 Å². The molecule has 5 aliphatic rings. The Hall–Kier alpha value is -0.910. The number of rotatable bonds is 1. The molecule has 0 aromatic heterocycles. The average molecular weight is 489 g/mol. The highest BCUT2D eigenvalue weighted by Crippen LogP contribution is 2.75. The number of aliphatic carboxylic acids is 1. The number of fused-ring (bicyclic) bond motifs is 7. The second-order valence-corrected chi connectivity index (χ2v) is 15.2. The number of allylic oxidation sites excluding steroid dienone is 2. The molecule has 4 saturated carbocycles. The Labute approximate surface area is 211 Å². The second-order valence-electron chi connectivity index (χ2n) is 15.2. The molecule has 0 radical (unpaired) electrons. The number of carbonyl (C=O) groups is 1. The lowest BCUT2D eigenvalue weighted by atomic mass is 9.33. The highest BCUT2D eigenvalue weighted by atomic mass is 16.4. The minimum Gasteiger partial charge on any atom is -0.481 e. The molecule has 4 N–H and O–H groups in total. The molecule has 5 nitrogen and oxygen atoms in total. The molecule has 5 aliphatic carbocycles. The first-order valence-corrected chi connectivity index (χ1v) is 14.0. The molecule has 0 saturated heterocycles. The van der Waals surface area contributed by atoms with Gasteiger partial charge in [0.25, 0.3) is 0 Å². The van der Waals surface area contributed by atoms with Crippen molar-refractivity contribution >= 4 is 5.97 Å². The van der Waals surface area contributed by atoms with E-state index in [4.69, 9.17) is 0 Å². The normalized spacial score (nSPS) is 54.4. The molecule has 10 atom stereocenters. The van der Waals surface area contributed by atoms with Crippen LogP contribution in [0.4, 0.5) is 0 Å². The lowest BCUT2D eigenvalue weighted by Gasteiger charge is -2.72. The summed E-state index contributed by atoms with van der Waals surface area (Å²) >= 11 is 0. The van der Waals surface area contributed by atoms with Gasteiger partial charge in [0, 0.05) is 5.41 Å². The lowest BCUT2D eigenvalue weighted by Crippen LogP contribution is -2.72. The number of aliphatic hydroxyl groups excluding tert-OH is 3. The predicted octanol–water partition coefficient (Wildman–Crippen LogP) is 5.18. The van der Waals surface area contributed by atoms with E-state index >= 15 is 0 Å². The number of carboxylic acids is 1. The summed E-state index contributed by atoms with van der Waals surface area (Å²) < 4.78 is 0.